The third-order valence-electron chi connectivity index (χ3n) is 3.31. The molecule has 1 unspecified atom stereocenters. The highest BCUT2D eigenvalue weighted by Crippen LogP contribution is 2.30. The van der Waals surface area contributed by atoms with Crippen LogP contribution in [-0.2, 0) is 6.42 Å². The van der Waals surface area contributed by atoms with Gasteiger partial charge in [-0.15, -0.1) is 0 Å². The van der Waals surface area contributed by atoms with Crippen molar-refractivity contribution in [3.05, 3.63) is 21.6 Å². The van der Waals surface area contributed by atoms with Gasteiger partial charge in [-0.1, -0.05) is 6.92 Å². The van der Waals surface area contributed by atoms with Crippen molar-refractivity contribution in [3.63, 3.8) is 0 Å². The van der Waals surface area contributed by atoms with Gasteiger partial charge in [0.05, 0.1) is 11.7 Å². The van der Waals surface area contributed by atoms with E-state index in [2.05, 4.69) is 35.9 Å². The lowest BCUT2D eigenvalue weighted by molar-refractivity contribution is 0.135. The number of aromatic amines is 2. The molecule has 1 aromatic rings. The lowest BCUT2D eigenvalue weighted by Crippen LogP contribution is -2.40. The van der Waals surface area contributed by atoms with Gasteiger partial charge in [0.2, 0.25) is 0 Å². The Labute approximate surface area is 89.7 Å². The molecule has 2 heterocycles. The smallest absolute Gasteiger partial charge is 0.267 e. The molecule has 0 radical (unpaired) electrons. The molecule has 4 nitrogen and oxygen atoms in total. The monoisotopic (exact) mass is 209 g/mol. The van der Waals surface area contributed by atoms with Crippen LogP contribution in [0.15, 0.2) is 4.79 Å². The average Bonchev–Trinajstić information content (AvgIpc) is 2.59. The predicted molar refractivity (Wildman–Crippen MR) is 60.0 cm³/mol. The minimum absolute atomic E-state index is 0.0619. The highest BCUT2D eigenvalue weighted by Gasteiger charge is 2.30. The van der Waals surface area contributed by atoms with Crippen LogP contribution in [-0.4, -0.2) is 27.7 Å². The van der Waals surface area contributed by atoms with E-state index >= 15 is 0 Å². The van der Waals surface area contributed by atoms with Crippen molar-refractivity contribution in [2.75, 3.05) is 6.54 Å². The number of hydrogen-bond acceptors (Lipinski definition) is 2. The molecule has 0 saturated carbocycles. The molecule has 0 bridgehead atoms. The molecule has 2 N–H and O–H groups in total. The van der Waals surface area contributed by atoms with E-state index in [9.17, 15) is 4.79 Å². The molecule has 1 atom stereocenters. The maximum Gasteiger partial charge on any atom is 0.267 e. The highest BCUT2D eigenvalue weighted by molar-refractivity contribution is 5.23. The van der Waals surface area contributed by atoms with Crippen LogP contribution in [0.2, 0.25) is 0 Å². The Balaban J connectivity index is 2.39. The summed E-state index contributed by atoms with van der Waals surface area (Å²) in [5.74, 6) is 0. The Morgan fingerprint density at radius 3 is 2.80 bits per heavy atom. The first-order valence-electron chi connectivity index (χ1n) is 5.70. The van der Waals surface area contributed by atoms with E-state index in [4.69, 9.17) is 0 Å². The van der Waals surface area contributed by atoms with E-state index in [0.717, 1.165) is 30.6 Å². The quantitative estimate of drug-likeness (QED) is 0.774. The van der Waals surface area contributed by atoms with E-state index in [1.165, 1.54) is 0 Å². The van der Waals surface area contributed by atoms with Crippen molar-refractivity contribution in [2.45, 2.75) is 45.7 Å². The van der Waals surface area contributed by atoms with Crippen molar-refractivity contribution in [2.24, 2.45) is 0 Å². The molecule has 0 saturated heterocycles. The Hall–Kier alpha value is -1.03. The fourth-order valence-electron chi connectivity index (χ4n) is 2.55. The molecule has 1 aliphatic heterocycles. The van der Waals surface area contributed by atoms with Gasteiger partial charge < -0.3 is 5.10 Å². The standard InChI is InChI=1S/C11H19N3O/c1-4-9-10-8(11(15)13-12-10)5-6-14(9)7(2)3/h7,9H,4-6H2,1-3H3,(H2,12,13,15). The number of nitrogens with one attached hydrogen (secondary N) is 2. The van der Waals surface area contributed by atoms with Crippen LogP contribution in [0.1, 0.15) is 44.5 Å². The molecule has 0 aromatic carbocycles. The Bertz CT molecular complexity index is 391. The Morgan fingerprint density at radius 2 is 2.20 bits per heavy atom. The first kappa shape index (κ1) is 10.5. The minimum Gasteiger partial charge on any atom is -0.300 e. The molecule has 4 heteroatoms. The Morgan fingerprint density at radius 1 is 1.47 bits per heavy atom. The summed E-state index contributed by atoms with van der Waals surface area (Å²) in [6, 6.07) is 0.897. The summed E-state index contributed by atoms with van der Waals surface area (Å²) in [5, 5.41) is 5.73. The molecule has 0 fully saturated rings. The largest absolute Gasteiger partial charge is 0.300 e. The van der Waals surface area contributed by atoms with Crippen LogP contribution in [0, 0.1) is 0 Å². The molecular weight excluding hydrogens is 190 g/mol. The summed E-state index contributed by atoms with van der Waals surface area (Å²) in [5.41, 5.74) is 2.12. The van der Waals surface area contributed by atoms with E-state index in [1.54, 1.807) is 0 Å². The summed E-state index contributed by atoms with van der Waals surface area (Å²) < 4.78 is 0. The van der Waals surface area contributed by atoms with Crippen molar-refractivity contribution < 1.29 is 0 Å². The lowest BCUT2D eigenvalue weighted by Gasteiger charge is -2.37. The summed E-state index contributed by atoms with van der Waals surface area (Å²) in [4.78, 5) is 13.9. The number of hydrogen-bond donors (Lipinski definition) is 2. The van der Waals surface area contributed by atoms with Gasteiger partial charge in [0.25, 0.3) is 5.56 Å². The van der Waals surface area contributed by atoms with E-state index < -0.39 is 0 Å². The second-order valence-electron chi connectivity index (χ2n) is 4.48. The fourth-order valence-corrected chi connectivity index (χ4v) is 2.55. The molecule has 1 aromatic heterocycles. The second kappa shape index (κ2) is 3.85. The second-order valence-corrected chi connectivity index (χ2v) is 4.48. The van der Waals surface area contributed by atoms with Gasteiger partial charge in [0.1, 0.15) is 0 Å². The van der Waals surface area contributed by atoms with Crippen molar-refractivity contribution in [1.82, 2.24) is 15.1 Å². The zero-order valence-corrected chi connectivity index (χ0v) is 9.63. The molecule has 0 aliphatic carbocycles. The van der Waals surface area contributed by atoms with E-state index in [-0.39, 0.29) is 5.56 Å². The maximum absolute atomic E-state index is 11.5. The Kier molecular flexibility index (Phi) is 2.69. The third-order valence-corrected chi connectivity index (χ3v) is 3.31. The van der Waals surface area contributed by atoms with Crippen molar-refractivity contribution >= 4 is 0 Å². The third kappa shape index (κ3) is 1.63. The topological polar surface area (TPSA) is 51.9 Å². The predicted octanol–water partition coefficient (Wildman–Crippen LogP) is 1.42. The summed E-state index contributed by atoms with van der Waals surface area (Å²) in [6.45, 7) is 7.57. The van der Waals surface area contributed by atoms with Gasteiger partial charge in [-0.3, -0.25) is 14.8 Å². The number of rotatable bonds is 2. The molecule has 15 heavy (non-hydrogen) atoms. The fraction of sp³-hybridized carbons (Fsp3) is 0.727. The van der Waals surface area contributed by atoms with Crippen molar-refractivity contribution in [3.8, 4) is 0 Å². The minimum atomic E-state index is 0.0619. The maximum atomic E-state index is 11.5. The SMILES string of the molecule is CCC1c2[nH][nH]c(=O)c2CCN1C(C)C. The first-order valence-corrected chi connectivity index (χ1v) is 5.70. The molecule has 84 valence electrons. The number of aromatic nitrogens is 2. The van der Waals surface area contributed by atoms with E-state index in [0.29, 0.717) is 12.1 Å². The van der Waals surface area contributed by atoms with Crippen LogP contribution in [0.5, 0.6) is 0 Å². The molecule has 0 spiro atoms. The van der Waals surface area contributed by atoms with Crippen LogP contribution in [0.25, 0.3) is 0 Å². The lowest BCUT2D eigenvalue weighted by atomic mass is 9.96. The molecule has 0 amide bonds. The number of nitrogens with zero attached hydrogens (tertiary/aromatic N) is 1. The van der Waals surface area contributed by atoms with Gasteiger partial charge >= 0.3 is 0 Å². The summed E-state index contributed by atoms with van der Waals surface area (Å²) >= 11 is 0. The zero-order valence-electron chi connectivity index (χ0n) is 9.63. The van der Waals surface area contributed by atoms with Crippen LogP contribution < -0.4 is 5.56 Å². The first-order chi connectivity index (χ1) is 7.15. The van der Waals surface area contributed by atoms with E-state index in [1.807, 2.05) is 0 Å². The zero-order chi connectivity index (χ0) is 11.0. The van der Waals surface area contributed by atoms with Crippen LogP contribution in [0.3, 0.4) is 0 Å². The van der Waals surface area contributed by atoms with Gasteiger partial charge in [-0.2, -0.15) is 0 Å². The van der Waals surface area contributed by atoms with Crippen LogP contribution >= 0.6 is 0 Å². The molecular formula is C11H19N3O. The normalized spacial score (nSPS) is 22.0. The molecule has 1 aliphatic rings. The average molecular weight is 209 g/mol. The number of fused-ring (bicyclic) bond motifs is 1. The van der Waals surface area contributed by atoms with Gasteiger partial charge in [-0.25, -0.2) is 0 Å². The molecule has 2 rings (SSSR count). The highest BCUT2D eigenvalue weighted by atomic mass is 16.1. The van der Waals surface area contributed by atoms with Gasteiger partial charge in [0, 0.05) is 18.2 Å². The number of H-pyrrole nitrogens is 2. The van der Waals surface area contributed by atoms with Crippen molar-refractivity contribution in [1.29, 1.82) is 0 Å². The van der Waals surface area contributed by atoms with Gasteiger partial charge in [0.15, 0.2) is 0 Å². The summed E-state index contributed by atoms with van der Waals surface area (Å²) in [6.07, 6.45) is 1.90. The van der Waals surface area contributed by atoms with Crippen LogP contribution in [0.4, 0.5) is 0 Å². The van der Waals surface area contributed by atoms with Gasteiger partial charge in [-0.05, 0) is 26.7 Å². The summed E-state index contributed by atoms with van der Waals surface area (Å²) in [7, 11) is 0.